The molecule has 1 aromatic heterocycles. The van der Waals surface area contributed by atoms with Crippen molar-refractivity contribution in [2.75, 3.05) is 7.11 Å². The van der Waals surface area contributed by atoms with E-state index < -0.39 is 0 Å². The topological polar surface area (TPSA) is 43.6 Å². The second-order valence-electron chi connectivity index (χ2n) is 5.85. The second-order valence-corrected chi connectivity index (χ2v) is 6.86. The van der Waals surface area contributed by atoms with Gasteiger partial charge in [0.2, 0.25) is 0 Å². The molecule has 0 radical (unpaired) electrons. The van der Waals surface area contributed by atoms with Crippen LogP contribution in [0.25, 0.3) is 10.2 Å². The number of rotatable bonds is 3. The van der Waals surface area contributed by atoms with E-state index in [9.17, 15) is 4.79 Å². The Morgan fingerprint density at radius 3 is 2.67 bits per heavy atom. The van der Waals surface area contributed by atoms with Crippen LogP contribution in [0.15, 0.2) is 41.4 Å². The summed E-state index contributed by atoms with van der Waals surface area (Å²) in [6, 6.07) is 11.9. The molecule has 1 heterocycles. The molecule has 0 aliphatic rings. The maximum absolute atomic E-state index is 12.4. The molecule has 0 saturated heterocycles. The minimum Gasteiger partial charge on any atom is -0.496 e. The van der Waals surface area contributed by atoms with E-state index in [2.05, 4.69) is 24.0 Å². The first-order valence-electron chi connectivity index (χ1n) is 7.76. The third-order valence-corrected chi connectivity index (χ3v) is 5.16. The van der Waals surface area contributed by atoms with Crippen molar-refractivity contribution in [1.82, 2.24) is 4.57 Å². The van der Waals surface area contributed by atoms with Gasteiger partial charge in [0.25, 0.3) is 5.91 Å². The van der Waals surface area contributed by atoms with E-state index in [1.54, 1.807) is 18.4 Å². The summed E-state index contributed by atoms with van der Waals surface area (Å²) in [4.78, 5) is 17.4. The molecule has 0 spiro atoms. The second kappa shape index (κ2) is 6.61. The van der Waals surface area contributed by atoms with Crippen LogP contribution in [0.5, 0.6) is 5.75 Å². The number of methoxy groups -OCH3 is 1. The Morgan fingerprint density at radius 2 is 2.00 bits per heavy atom. The first-order valence-corrected chi connectivity index (χ1v) is 8.57. The summed E-state index contributed by atoms with van der Waals surface area (Å²) >= 11 is 1.54. The maximum atomic E-state index is 12.4. The number of carbonyl (C=O) groups is 1. The van der Waals surface area contributed by atoms with Crippen LogP contribution in [0.3, 0.4) is 0 Å². The van der Waals surface area contributed by atoms with Crippen LogP contribution in [0.1, 0.15) is 16.7 Å². The number of ether oxygens (including phenoxy) is 1. The molecule has 24 heavy (non-hydrogen) atoms. The minimum atomic E-state index is -0.139. The zero-order chi connectivity index (χ0) is 17.3. The molecule has 5 heteroatoms. The highest BCUT2D eigenvalue weighted by Gasteiger charge is 2.08. The van der Waals surface area contributed by atoms with E-state index in [1.165, 1.54) is 5.56 Å². The Balaban J connectivity index is 1.91. The van der Waals surface area contributed by atoms with Gasteiger partial charge < -0.3 is 9.30 Å². The number of hydrogen-bond acceptors (Lipinski definition) is 3. The van der Waals surface area contributed by atoms with Crippen LogP contribution in [0, 0.1) is 13.8 Å². The molecule has 0 unspecified atom stereocenters. The summed E-state index contributed by atoms with van der Waals surface area (Å²) in [5, 5.41) is 0. The number of amides is 1. The lowest BCUT2D eigenvalue weighted by Gasteiger charge is -2.05. The van der Waals surface area contributed by atoms with Crippen LogP contribution < -0.4 is 9.54 Å². The summed E-state index contributed by atoms with van der Waals surface area (Å²) < 4.78 is 8.39. The lowest BCUT2D eigenvalue weighted by molar-refractivity contribution is -0.117. The minimum absolute atomic E-state index is 0.139. The molecule has 0 aliphatic heterocycles. The van der Waals surface area contributed by atoms with Crippen molar-refractivity contribution < 1.29 is 9.53 Å². The number of thiazole rings is 1. The van der Waals surface area contributed by atoms with E-state index in [-0.39, 0.29) is 12.3 Å². The van der Waals surface area contributed by atoms with Crippen molar-refractivity contribution in [2.45, 2.75) is 20.3 Å². The molecule has 0 aliphatic carbocycles. The van der Waals surface area contributed by atoms with Gasteiger partial charge in [0.1, 0.15) is 5.75 Å². The third kappa shape index (κ3) is 3.12. The molecule has 0 saturated carbocycles. The van der Waals surface area contributed by atoms with Gasteiger partial charge in [0.15, 0.2) is 4.80 Å². The monoisotopic (exact) mass is 340 g/mol. The van der Waals surface area contributed by atoms with Gasteiger partial charge in [-0.2, -0.15) is 4.99 Å². The van der Waals surface area contributed by atoms with Gasteiger partial charge >= 0.3 is 0 Å². The maximum Gasteiger partial charge on any atom is 0.252 e. The van der Waals surface area contributed by atoms with Crippen molar-refractivity contribution >= 4 is 27.5 Å². The normalized spacial score (nSPS) is 11.9. The molecule has 2 aromatic carbocycles. The summed E-state index contributed by atoms with van der Waals surface area (Å²) in [6.07, 6.45) is 0.290. The fraction of sp³-hybridized carbons (Fsp3) is 0.263. The molecule has 0 bridgehead atoms. The number of hydrogen-bond donors (Lipinski definition) is 0. The molecule has 124 valence electrons. The van der Waals surface area contributed by atoms with Crippen molar-refractivity contribution in [1.29, 1.82) is 0 Å². The number of nitrogens with zero attached hydrogens (tertiary/aromatic N) is 2. The Bertz CT molecular complexity index is 983. The zero-order valence-electron chi connectivity index (χ0n) is 14.3. The first-order chi connectivity index (χ1) is 11.5. The fourth-order valence-electron chi connectivity index (χ4n) is 2.88. The number of aryl methyl sites for hydroxylation is 3. The SMILES string of the molecule is COc1ccc(CC(=O)N=c2sc3cccc(C)c3n2C)cc1C. The highest BCUT2D eigenvalue weighted by Crippen LogP contribution is 2.20. The largest absolute Gasteiger partial charge is 0.496 e. The lowest BCUT2D eigenvalue weighted by Crippen LogP contribution is -2.14. The smallest absolute Gasteiger partial charge is 0.252 e. The standard InChI is InChI=1S/C19H20N2O2S/c1-12-6-5-7-16-18(12)21(3)19(24-16)20-17(22)11-14-8-9-15(23-4)13(2)10-14/h5-10H,11H2,1-4H3. The summed E-state index contributed by atoms with van der Waals surface area (Å²) in [6.45, 7) is 4.04. The van der Waals surface area contributed by atoms with Gasteiger partial charge in [-0.25, -0.2) is 0 Å². The Hall–Kier alpha value is -2.40. The van der Waals surface area contributed by atoms with E-state index in [0.717, 1.165) is 31.9 Å². The first kappa shape index (κ1) is 16.5. The average Bonchev–Trinajstić information content (AvgIpc) is 2.85. The molecule has 3 rings (SSSR count). The molecule has 4 nitrogen and oxygen atoms in total. The van der Waals surface area contributed by atoms with E-state index in [1.807, 2.05) is 42.8 Å². The third-order valence-electron chi connectivity index (χ3n) is 4.06. The Morgan fingerprint density at radius 1 is 1.21 bits per heavy atom. The molecular weight excluding hydrogens is 320 g/mol. The van der Waals surface area contributed by atoms with Gasteiger partial charge in [-0.3, -0.25) is 4.79 Å². The van der Waals surface area contributed by atoms with Crippen molar-refractivity contribution in [2.24, 2.45) is 12.0 Å². The molecule has 0 N–H and O–H groups in total. The molecule has 0 atom stereocenters. The Labute approximate surface area is 145 Å². The van der Waals surface area contributed by atoms with Gasteiger partial charge in [-0.1, -0.05) is 35.6 Å². The summed E-state index contributed by atoms with van der Waals surface area (Å²) in [5.74, 6) is 0.689. The van der Waals surface area contributed by atoms with Gasteiger partial charge in [-0.15, -0.1) is 0 Å². The molecular formula is C19H20N2O2S. The fourth-order valence-corrected chi connectivity index (χ4v) is 3.99. The number of carbonyl (C=O) groups excluding carboxylic acids is 1. The summed E-state index contributed by atoms with van der Waals surface area (Å²) in [5.41, 5.74) is 4.29. The molecule has 0 fully saturated rings. The Kier molecular flexibility index (Phi) is 4.53. The van der Waals surface area contributed by atoms with Crippen molar-refractivity contribution in [3.63, 3.8) is 0 Å². The van der Waals surface area contributed by atoms with Crippen LogP contribution in [0.4, 0.5) is 0 Å². The number of fused-ring (bicyclic) bond motifs is 1. The van der Waals surface area contributed by atoms with E-state index in [0.29, 0.717) is 0 Å². The molecule has 1 amide bonds. The quantitative estimate of drug-likeness (QED) is 0.732. The highest BCUT2D eigenvalue weighted by atomic mass is 32.1. The number of benzene rings is 2. The molecule has 3 aromatic rings. The van der Waals surface area contributed by atoms with Gasteiger partial charge in [0.05, 0.1) is 23.7 Å². The van der Waals surface area contributed by atoms with Crippen molar-refractivity contribution in [3.05, 3.63) is 57.9 Å². The van der Waals surface area contributed by atoms with Crippen LogP contribution in [0.2, 0.25) is 0 Å². The van der Waals surface area contributed by atoms with E-state index in [4.69, 9.17) is 4.74 Å². The van der Waals surface area contributed by atoms with Crippen LogP contribution in [-0.2, 0) is 18.3 Å². The van der Waals surface area contributed by atoms with Gasteiger partial charge in [-0.05, 0) is 42.7 Å². The lowest BCUT2D eigenvalue weighted by atomic mass is 10.1. The zero-order valence-corrected chi connectivity index (χ0v) is 15.1. The average molecular weight is 340 g/mol. The van der Waals surface area contributed by atoms with Crippen LogP contribution in [-0.4, -0.2) is 17.6 Å². The summed E-state index contributed by atoms with van der Waals surface area (Å²) in [7, 11) is 3.60. The van der Waals surface area contributed by atoms with Crippen molar-refractivity contribution in [3.8, 4) is 5.75 Å². The number of para-hydroxylation sites is 1. The predicted molar refractivity (Wildman–Crippen MR) is 97.5 cm³/mol. The van der Waals surface area contributed by atoms with Gasteiger partial charge in [0, 0.05) is 7.05 Å². The highest BCUT2D eigenvalue weighted by molar-refractivity contribution is 7.16. The van der Waals surface area contributed by atoms with Crippen LogP contribution >= 0.6 is 11.3 Å². The van der Waals surface area contributed by atoms with E-state index >= 15 is 0 Å². The predicted octanol–water partition coefficient (Wildman–Crippen LogP) is 3.54. The number of aromatic nitrogens is 1.